The molecule has 0 N–H and O–H groups in total. The maximum absolute atomic E-state index is 11.7. The molecule has 0 atom stereocenters. The van der Waals surface area contributed by atoms with Gasteiger partial charge < -0.3 is 9.15 Å². The second-order valence-corrected chi connectivity index (χ2v) is 5.54. The fraction of sp³-hybridized carbons (Fsp3) is 0.471. The van der Waals surface area contributed by atoms with Crippen LogP contribution < -0.4 is 0 Å². The molecule has 1 aliphatic rings. The summed E-state index contributed by atoms with van der Waals surface area (Å²) in [6.45, 7) is 5.47. The van der Waals surface area contributed by atoms with Crippen molar-refractivity contribution in [2.45, 2.75) is 32.7 Å². The lowest BCUT2D eigenvalue weighted by Crippen LogP contribution is -2.28. The number of likely N-dealkylation sites (tertiary alicyclic amines) is 1. The van der Waals surface area contributed by atoms with Gasteiger partial charge in [0.2, 0.25) is 5.76 Å². The van der Waals surface area contributed by atoms with Crippen LogP contribution in [0.25, 0.3) is 11.0 Å². The van der Waals surface area contributed by atoms with Gasteiger partial charge in [0.05, 0.1) is 6.61 Å². The predicted octanol–water partition coefficient (Wildman–Crippen LogP) is 3.60. The number of hydrogen-bond acceptors (Lipinski definition) is 4. The zero-order chi connectivity index (χ0) is 14.7. The van der Waals surface area contributed by atoms with E-state index in [1.165, 1.54) is 37.9 Å². The summed E-state index contributed by atoms with van der Waals surface area (Å²) in [7, 11) is 0. The van der Waals surface area contributed by atoms with Gasteiger partial charge in [0.1, 0.15) is 5.58 Å². The Bertz CT molecular complexity index is 626. The molecule has 112 valence electrons. The van der Waals surface area contributed by atoms with E-state index in [1.807, 2.05) is 6.07 Å². The molecule has 0 radical (unpaired) electrons. The first kappa shape index (κ1) is 14.1. The van der Waals surface area contributed by atoms with Crippen LogP contribution in [-0.2, 0) is 11.3 Å². The second kappa shape index (κ2) is 6.31. The first-order chi connectivity index (χ1) is 10.3. The molecule has 0 amide bonds. The van der Waals surface area contributed by atoms with E-state index in [4.69, 9.17) is 9.15 Å². The highest BCUT2D eigenvalue weighted by Gasteiger charge is 2.14. The van der Waals surface area contributed by atoms with E-state index in [1.54, 1.807) is 13.0 Å². The lowest BCUT2D eigenvalue weighted by Gasteiger charge is -2.26. The van der Waals surface area contributed by atoms with Crippen molar-refractivity contribution >= 4 is 16.9 Å². The number of fused-ring (bicyclic) bond motifs is 1. The molecule has 1 aliphatic heterocycles. The Morgan fingerprint density at radius 2 is 2.05 bits per heavy atom. The minimum Gasteiger partial charge on any atom is -0.460 e. The number of furan rings is 1. The van der Waals surface area contributed by atoms with Crippen molar-refractivity contribution in [1.29, 1.82) is 0 Å². The van der Waals surface area contributed by atoms with E-state index in [0.29, 0.717) is 6.61 Å². The lowest BCUT2D eigenvalue weighted by atomic mass is 10.1. The third-order valence-corrected chi connectivity index (χ3v) is 3.91. The molecule has 0 spiro atoms. The van der Waals surface area contributed by atoms with E-state index >= 15 is 0 Å². The standard InChI is InChI=1S/C17H21NO3/c1-2-20-17(19)16-11-14-10-13(6-7-15(14)21-16)12-18-8-4-3-5-9-18/h6-7,10-11H,2-5,8-9,12H2,1H3. The smallest absolute Gasteiger partial charge is 0.374 e. The van der Waals surface area contributed by atoms with E-state index in [2.05, 4.69) is 17.0 Å². The quantitative estimate of drug-likeness (QED) is 0.806. The zero-order valence-electron chi connectivity index (χ0n) is 12.4. The van der Waals surface area contributed by atoms with Gasteiger partial charge in [0.15, 0.2) is 0 Å². The van der Waals surface area contributed by atoms with Crippen LogP contribution in [0.3, 0.4) is 0 Å². The molecule has 1 saturated heterocycles. The molecule has 0 saturated carbocycles. The van der Waals surface area contributed by atoms with Crippen LogP contribution in [-0.4, -0.2) is 30.6 Å². The molecule has 4 heteroatoms. The SMILES string of the molecule is CCOC(=O)c1cc2cc(CN3CCCCC3)ccc2o1. The molecule has 4 nitrogen and oxygen atoms in total. The second-order valence-electron chi connectivity index (χ2n) is 5.54. The van der Waals surface area contributed by atoms with Gasteiger partial charge in [-0.3, -0.25) is 4.90 Å². The minimum atomic E-state index is -0.397. The molecule has 2 aromatic rings. The molecule has 21 heavy (non-hydrogen) atoms. The Labute approximate surface area is 124 Å². The number of rotatable bonds is 4. The van der Waals surface area contributed by atoms with Crippen LogP contribution >= 0.6 is 0 Å². The summed E-state index contributed by atoms with van der Waals surface area (Å²) >= 11 is 0. The van der Waals surface area contributed by atoms with Gasteiger partial charge in [-0.05, 0) is 56.6 Å². The summed E-state index contributed by atoms with van der Waals surface area (Å²) in [4.78, 5) is 14.2. The minimum absolute atomic E-state index is 0.280. The lowest BCUT2D eigenvalue weighted by molar-refractivity contribution is 0.0492. The van der Waals surface area contributed by atoms with Gasteiger partial charge >= 0.3 is 5.97 Å². The van der Waals surface area contributed by atoms with Crippen LogP contribution in [0.4, 0.5) is 0 Å². The van der Waals surface area contributed by atoms with Crippen LogP contribution in [0.1, 0.15) is 42.3 Å². The topological polar surface area (TPSA) is 42.7 Å². The summed E-state index contributed by atoms with van der Waals surface area (Å²) in [5, 5.41) is 0.965. The van der Waals surface area contributed by atoms with Crippen LogP contribution in [0.15, 0.2) is 28.7 Å². The largest absolute Gasteiger partial charge is 0.460 e. The third-order valence-electron chi connectivity index (χ3n) is 3.91. The number of ether oxygens (including phenoxy) is 1. The molecule has 0 aliphatic carbocycles. The maximum Gasteiger partial charge on any atom is 0.374 e. The molecule has 2 heterocycles. The Hall–Kier alpha value is -1.81. The summed E-state index contributed by atoms with van der Waals surface area (Å²) in [5.74, 6) is -0.117. The van der Waals surface area contributed by atoms with Crippen LogP contribution in [0, 0.1) is 0 Å². The Kier molecular flexibility index (Phi) is 4.25. The summed E-state index contributed by atoms with van der Waals surface area (Å²) < 4.78 is 10.5. The molecular formula is C17H21NO3. The highest BCUT2D eigenvalue weighted by Crippen LogP contribution is 2.23. The van der Waals surface area contributed by atoms with E-state index < -0.39 is 5.97 Å². The van der Waals surface area contributed by atoms with Gasteiger partial charge in [-0.1, -0.05) is 12.5 Å². The molecule has 1 aromatic heterocycles. The van der Waals surface area contributed by atoms with Gasteiger partial charge in [0, 0.05) is 11.9 Å². The molecular weight excluding hydrogens is 266 g/mol. The fourth-order valence-corrected chi connectivity index (χ4v) is 2.87. The molecule has 3 rings (SSSR count). The summed E-state index contributed by atoms with van der Waals surface area (Å²) in [5.41, 5.74) is 2.00. The molecule has 1 aromatic carbocycles. The maximum atomic E-state index is 11.7. The summed E-state index contributed by atoms with van der Waals surface area (Å²) in [6.07, 6.45) is 3.93. The molecule has 0 bridgehead atoms. The van der Waals surface area contributed by atoms with Crippen molar-refractivity contribution in [3.8, 4) is 0 Å². The number of benzene rings is 1. The molecule has 1 fully saturated rings. The van der Waals surface area contributed by atoms with Crippen LogP contribution in [0.5, 0.6) is 0 Å². The zero-order valence-corrected chi connectivity index (χ0v) is 12.4. The van der Waals surface area contributed by atoms with E-state index in [0.717, 1.165) is 17.5 Å². The van der Waals surface area contributed by atoms with Crippen LogP contribution in [0.2, 0.25) is 0 Å². The van der Waals surface area contributed by atoms with Gasteiger partial charge in [-0.15, -0.1) is 0 Å². The van der Waals surface area contributed by atoms with Gasteiger partial charge in [-0.2, -0.15) is 0 Å². The number of nitrogens with zero attached hydrogens (tertiary/aromatic N) is 1. The van der Waals surface area contributed by atoms with Crippen molar-refractivity contribution in [3.05, 3.63) is 35.6 Å². The predicted molar refractivity (Wildman–Crippen MR) is 81.3 cm³/mol. The number of carbonyl (C=O) groups excluding carboxylic acids is 1. The first-order valence-corrected chi connectivity index (χ1v) is 7.68. The van der Waals surface area contributed by atoms with E-state index in [9.17, 15) is 4.79 Å². The van der Waals surface area contributed by atoms with Crippen molar-refractivity contribution in [2.75, 3.05) is 19.7 Å². The number of hydrogen-bond donors (Lipinski definition) is 0. The first-order valence-electron chi connectivity index (χ1n) is 7.68. The average molecular weight is 287 g/mol. The van der Waals surface area contributed by atoms with E-state index in [-0.39, 0.29) is 5.76 Å². The Morgan fingerprint density at radius 1 is 1.24 bits per heavy atom. The van der Waals surface area contributed by atoms with Gasteiger partial charge in [0.25, 0.3) is 0 Å². The molecule has 0 unspecified atom stereocenters. The highest BCUT2D eigenvalue weighted by atomic mass is 16.5. The van der Waals surface area contributed by atoms with Gasteiger partial charge in [-0.25, -0.2) is 4.79 Å². The Morgan fingerprint density at radius 3 is 2.81 bits per heavy atom. The normalized spacial score (nSPS) is 16.2. The average Bonchev–Trinajstić information content (AvgIpc) is 2.92. The van der Waals surface area contributed by atoms with Crippen molar-refractivity contribution < 1.29 is 13.9 Å². The van der Waals surface area contributed by atoms with Crippen molar-refractivity contribution in [1.82, 2.24) is 4.90 Å². The highest BCUT2D eigenvalue weighted by molar-refractivity contribution is 5.92. The number of esters is 1. The van der Waals surface area contributed by atoms with Crippen molar-refractivity contribution in [3.63, 3.8) is 0 Å². The third kappa shape index (κ3) is 3.27. The Balaban J connectivity index is 1.77. The summed E-state index contributed by atoms with van der Waals surface area (Å²) in [6, 6.07) is 7.90. The monoisotopic (exact) mass is 287 g/mol. The number of piperidine rings is 1. The number of carbonyl (C=O) groups is 1. The van der Waals surface area contributed by atoms with Crippen molar-refractivity contribution in [2.24, 2.45) is 0 Å². The fourth-order valence-electron chi connectivity index (χ4n) is 2.87.